The van der Waals surface area contributed by atoms with Crippen molar-refractivity contribution in [3.8, 4) is 11.5 Å². The number of hydrogen-bond donors (Lipinski definition) is 3. The fraction of sp³-hybridized carbons (Fsp3) is 0.0952. The van der Waals surface area contributed by atoms with Crippen molar-refractivity contribution in [2.45, 2.75) is 6.18 Å². The Morgan fingerprint density at radius 1 is 1.03 bits per heavy atom. The van der Waals surface area contributed by atoms with Crippen molar-refractivity contribution in [2.24, 2.45) is 0 Å². The second kappa shape index (κ2) is 8.24. The van der Waals surface area contributed by atoms with E-state index in [0.717, 1.165) is 12.1 Å². The minimum atomic E-state index is -4.44. The van der Waals surface area contributed by atoms with Gasteiger partial charge in [-0.3, -0.25) is 10.2 Å². The van der Waals surface area contributed by atoms with E-state index in [4.69, 9.17) is 10.1 Å². The van der Waals surface area contributed by atoms with E-state index in [-0.39, 0.29) is 17.2 Å². The SMILES string of the molecule is COc1ccnc(C(=O)Nc2ccc(C(=N)c3ccc(C(F)(F)F)cc3)cc2)c1O. The molecule has 0 aliphatic carbocycles. The van der Waals surface area contributed by atoms with Crippen LogP contribution in [0.5, 0.6) is 11.5 Å². The highest BCUT2D eigenvalue weighted by Gasteiger charge is 2.30. The smallest absolute Gasteiger partial charge is 0.416 e. The second-order valence-electron chi connectivity index (χ2n) is 6.19. The number of alkyl halides is 3. The maximum atomic E-state index is 12.7. The van der Waals surface area contributed by atoms with E-state index in [1.165, 1.54) is 43.6 Å². The Kier molecular flexibility index (Phi) is 5.72. The Morgan fingerprint density at radius 2 is 1.60 bits per heavy atom. The third kappa shape index (κ3) is 4.40. The highest BCUT2D eigenvalue weighted by Crippen LogP contribution is 2.30. The maximum Gasteiger partial charge on any atom is 0.416 e. The third-order valence-electron chi connectivity index (χ3n) is 4.25. The number of benzene rings is 2. The summed E-state index contributed by atoms with van der Waals surface area (Å²) in [5.41, 5.74) is 0.199. The van der Waals surface area contributed by atoms with E-state index in [1.807, 2.05) is 0 Å². The topological polar surface area (TPSA) is 95.3 Å². The molecule has 0 atom stereocenters. The van der Waals surface area contributed by atoms with Crippen molar-refractivity contribution in [1.29, 1.82) is 5.41 Å². The monoisotopic (exact) mass is 415 g/mol. The van der Waals surface area contributed by atoms with Gasteiger partial charge >= 0.3 is 6.18 Å². The zero-order chi connectivity index (χ0) is 21.9. The molecule has 0 unspecified atom stereocenters. The summed E-state index contributed by atoms with van der Waals surface area (Å²) >= 11 is 0. The molecule has 0 aliphatic rings. The zero-order valence-electron chi connectivity index (χ0n) is 15.6. The van der Waals surface area contributed by atoms with E-state index < -0.39 is 23.4 Å². The molecule has 0 saturated carbocycles. The predicted molar refractivity (Wildman–Crippen MR) is 104 cm³/mol. The molecule has 2 aromatic carbocycles. The molecular weight excluding hydrogens is 399 g/mol. The molecule has 3 rings (SSSR count). The van der Waals surface area contributed by atoms with Crippen LogP contribution in [0.25, 0.3) is 0 Å². The molecule has 1 aromatic heterocycles. The summed E-state index contributed by atoms with van der Waals surface area (Å²) in [4.78, 5) is 16.2. The number of carbonyl (C=O) groups excluding carboxylic acids is 1. The molecule has 1 heterocycles. The molecule has 9 heteroatoms. The largest absolute Gasteiger partial charge is 0.503 e. The molecule has 154 valence electrons. The lowest BCUT2D eigenvalue weighted by molar-refractivity contribution is -0.137. The third-order valence-corrected chi connectivity index (χ3v) is 4.25. The predicted octanol–water partition coefficient (Wildman–Crippen LogP) is 4.48. The van der Waals surface area contributed by atoms with Crippen molar-refractivity contribution in [1.82, 2.24) is 4.98 Å². The number of aromatic hydroxyl groups is 1. The number of rotatable bonds is 5. The number of nitrogens with zero attached hydrogens (tertiary/aromatic N) is 1. The summed E-state index contributed by atoms with van der Waals surface area (Å²) in [6.45, 7) is 0. The van der Waals surface area contributed by atoms with Crippen LogP contribution in [-0.4, -0.2) is 28.8 Å². The number of hydrogen-bond acceptors (Lipinski definition) is 5. The minimum Gasteiger partial charge on any atom is -0.503 e. The van der Waals surface area contributed by atoms with E-state index in [9.17, 15) is 23.1 Å². The van der Waals surface area contributed by atoms with Crippen LogP contribution in [0.1, 0.15) is 27.2 Å². The van der Waals surface area contributed by atoms with Gasteiger partial charge in [-0.15, -0.1) is 0 Å². The van der Waals surface area contributed by atoms with Gasteiger partial charge in [-0.05, 0) is 24.3 Å². The molecule has 30 heavy (non-hydrogen) atoms. The number of ether oxygens (including phenoxy) is 1. The van der Waals surface area contributed by atoms with Gasteiger partial charge in [0.2, 0.25) is 0 Å². The van der Waals surface area contributed by atoms with Crippen LogP contribution in [0.15, 0.2) is 60.8 Å². The summed E-state index contributed by atoms with van der Waals surface area (Å²) in [5, 5.41) is 20.8. The molecule has 0 aliphatic heterocycles. The Labute approximate surface area is 169 Å². The Hall–Kier alpha value is -3.88. The van der Waals surface area contributed by atoms with E-state index in [1.54, 1.807) is 12.1 Å². The number of aromatic nitrogens is 1. The van der Waals surface area contributed by atoms with Crippen LogP contribution < -0.4 is 10.1 Å². The molecule has 0 bridgehead atoms. The van der Waals surface area contributed by atoms with Gasteiger partial charge in [-0.25, -0.2) is 4.98 Å². The highest BCUT2D eigenvalue weighted by molar-refractivity contribution is 6.11. The Balaban J connectivity index is 1.73. The average molecular weight is 415 g/mol. The quantitative estimate of drug-likeness (QED) is 0.536. The van der Waals surface area contributed by atoms with E-state index in [2.05, 4.69) is 10.3 Å². The highest BCUT2D eigenvalue weighted by atomic mass is 19.4. The Morgan fingerprint density at radius 3 is 2.13 bits per heavy atom. The molecule has 3 N–H and O–H groups in total. The average Bonchev–Trinajstić information content (AvgIpc) is 2.73. The molecule has 3 aromatic rings. The summed E-state index contributed by atoms with van der Waals surface area (Å²) in [6, 6.07) is 11.9. The normalized spacial score (nSPS) is 11.1. The molecule has 1 amide bonds. The van der Waals surface area contributed by atoms with Gasteiger partial charge in [-0.2, -0.15) is 13.2 Å². The number of carbonyl (C=O) groups is 1. The fourth-order valence-corrected chi connectivity index (χ4v) is 2.67. The van der Waals surface area contributed by atoms with E-state index >= 15 is 0 Å². The molecular formula is C21H16F3N3O3. The second-order valence-corrected chi connectivity index (χ2v) is 6.19. The van der Waals surface area contributed by atoms with Crippen molar-refractivity contribution in [3.05, 3.63) is 83.2 Å². The first-order valence-electron chi connectivity index (χ1n) is 8.60. The zero-order valence-corrected chi connectivity index (χ0v) is 15.6. The number of pyridine rings is 1. The van der Waals surface area contributed by atoms with Crippen LogP contribution in [0.4, 0.5) is 18.9 Å². The van der Waals surface area contributed by atoms with Gasteiger partial charge in [0.15, 0.2) is 17.2 Å². The van der Waals surface area contributed by atoms with Gasteiger partial charge in [0.25, 0.3) is 5.91 Å². The van der Waals surface area contributed by atoms with Crippen molar-refractivity contribution < 1.29 is 27.8 Å². The van der Waals surface area contributed by atoms with Crippen molar-refractivity contribution >= 4 is 17.3 Å². The van der Waals surface area contributed by atoms with Crippen LogP contribution in [-0.2, 0) is 6.18 Å². The summed E-state index contributed by atoms with van der Waals surface area (Å²) in [6.07, 6.45) is -3.12. The number of nitrogens with one attached hydrogen (secondary N) is 2. The summed E-state index contributed by atoms with van der Waals surface area (Å²) in [5.74, 6) is -0.939. The van der Waals surface area contributed by atoms with Crippen LogP contribution >= 0.6 is 0 Å². The summed E-state index contributed by atoms with van der Waals surface area (Å²) < 4.78 is 42.9. The first-order chi connectivity index (χ1) is 14.2. The summed E-state index contributed by atoms with van der Waals surface area (Å²) in [7, 11) is 1.35. The molecule has 0 radical (unpaired) electrons. The number of amides is 1. The minimum absolute atomic E-state index is 0.0358. The van der Waals surface area contributed by atoms with Crippen LogP contribution in [0.3, 0.4) is 0 Å². The first kappa shape index (κ1) is 20.8. The van der Waals surface area contributed by atoms with Gasteiger partial charge in [-0.1, -0.05) is 24.3 Å². The van der Waals surface area contributed by atoms with E-state index in [0.29, 0.717) is 16.8 Å². The lowest BCUT2D eigenvalue weighted by Gasteiger charge is -2.10. The molecule has 0 spiro atoms. The van der Waals surface area contributed by atoms with Gasteiger partial charge < -0.3 is 15.2 Å². The molecule has 0 fully saturated rings. The van der Waals surface area contributed by atoms with Gasteiger partial charge in [0.1, 0.15) is 0 Å². The maximum absolute atomic E-state index is 12.7. The Bertz CT molecular complexity index is 1080. The fourth-order valence-electron chi connectivity index (χ4n) is 2.67. The number of methoxy groups -OCH3 is 1. The van der Waals surface area contributed by atoms with Gasteiger partial charge in [0, 0.05) is 29.1 Å². The lowest BCUT2D eigenvalue weighted by Crippen LogP contribution is -2.14. The van der Waals surface area contributed by atoms with Crippen LogP contribution in [0.2, 0.25) is 0 Å². The molecule has 6 nitrogen and oxygen atoms in total. The van der Waals surface area contributed by atoms with Crippen LogP contribution in [0, 0.1) is 5.41 Å². The van der Waals surface area contributed by atoms with Crippen molar-refractivity contribution in [2.75, 3.05) is 12.4 Å². The lowest BCUT2D eigenvalue weighted by atomic mass is 10.0. The first-order valence-corrected chi connectivity index (χ1v) is 8.60. The van der Waals surface area contributed by atoms with Gasteiger partial charge in [0.05, 0.1) is 18.4 Å². The molecule has 0 saturated heterocycles. The standard InChI is InChI=1S/C21H16F3N3O3/c1-30-16-10-11-26-18(19(16)28)20(29)27-15-8-4-13(5-9-15)17(25)12-2-6-14(7-3-12)21(22,23)24/h2-11,25,28H,1H3,(H,27,29). The number of anilines is 1. The van der Waals surface area contributed by atoms with Crippen molar-refractivity contribution in [3.63, 3.8) is 0 Å². The number of halogens is 3.